The molecule has 0 aliphatic carbocycles. The molecule has 2 N–H and O–H groups in total. The summed E-state index contributed by atoms with van der Waals surface area (Å²) in [4.78, 5) is 11.1. The van der Waals surface area contributed by atoms with Gasteiger partial charge in [-0.25, -0.2) is 4.79 Å². The van der Waals surface area contributed by atoms with Crippen LogP contribution in [0.2, 0.25) is 0 Å². The Hall–Kier alpha value is -1.16. The summed E-state index contributed by atoms with van der Waals surface area (Å²) in [7, 11) is 0. The summed E-state index contributed by atoms with van der Waals surface area (Å²) in [5.74, 6) is -1.26. The monoisotopic (exact) mass is 184 g/mol. The van der Waals surface area contributed by atoms with E-state index in [0.29, 0.717) is 4.90 Å². The molecule has 1 aromatic carbocycles. The van der Waals surface area contributed by atoms with Crippen LogP contribution in [-0.4, -0.2) is 22.4 Å². The van der Waals surface area contributed by atoms with E-state index < -0.39 is 5.97 Å². The molecule has 0 unspecified atom stereocenters. The van der Waals surface area contributed by atoms with Crippen molar-refractivity contribution in [3.63, 3.8) is 0 Å². The predicted molar refractivity (Wildman–Crippen MR) is 46.8 cm³/mol. The molecule has 0 amide bonds. The van der Waals surface area contributed by atoms with Crippen LogP contribution in [0, 0.1) is 0 Å². The second kappa shape index (κ2) is 3.49. The van der Waals surface area contributed by atoms with Crippen LogP contribution in [0.25, 0.3) is 0 Å². The number of carbonyl (C=O) groups is 1. The second-order valence-corrected chi connectivity index (χ2v) is 3.01. The Morgan fingerprint density at radius 3 is 2.67 bits per heavy atom. The van der Waals surface area contributed by atoms with Gasteiger partial charge in [0.1, 0.15) is 11.3 Å². The van der Waals surface area contributed by atoms with E-state index in [1.165, 1.54) is 17.8 Å². The normalized spacial score (nSPS) is 9.75. The van der Waals surface area contributed by atoms with Gasteiger partial charge in [-0.1, -0.05) is 6.07 Å². The van der Waals surface area contributed by atoms with Crippen molar-refractivity contribution in [1.82, 2.24) is 0 Å². The van der Waals surface area contributed by atoms with Gasteiger partial charge in [-0.15, -0.1) is 11.8 Å². The molecule has 0 spiro atoms. The molecule has 0 saturated carbocycles. The topological polar surface area (TPSA) is 57.5 Å². The van der Waals surface area contributed by atoms with Crippen LogP contribution in [0.1, 0.15) is 10.4 Å². The number of carboxylic acids is 1. The Kier molecular flexibility index (Phi) is 2.60. The Balaban J connectivity index is 3.23. The molecule has 0 aromatic heterocycles. The highest BCUT2D eigenvalue weighted by molar-refractivity contribution is 7.98. The van der Waals surface area contributed by atoms with E-state index in [4.69, 9.17) is 5.11 Å². The smallest absolute Gasteiger partial charge is 0.339 e. The van der Waals surface area contributed by atoms with Crippen LogP contribution in [-0.2, 0) is 0 Å². The van der Waals surface area contributed by atoms with E-state index in [9.17, 15) is 9.90 Å². The molecule has 64 valence electrons. The zero-order chi connectivity index (χ0) is 9.14. The fourth-order valence-electron chi connectivity index (χ4n) is 0.860. The molecular weight excluding hydrogens is 176 g/mol. The Labute approximate surface area is 74.0 Å². The van der Waals surface area contributed by atoms with Crippen LogP contribution in [0.3, 0.4) is 0 Å². The number of hydrogen-bond acceptors (Lipinski definition) is 3. The molecule has 12 heavy (non-hydrogen) atoms. The lowest BCUT2D eigenvalue weighted by Gasteiger charge is -2.02. The number of benzene rings is 1. The van der Waals surface area contributed by atoms with Crippen molar-refractivity contribution in [3.8, 4) is 5.75 Å². The van der Waals surface area contributed by atoms with E-state index in [1.54, 1.807) is 18.4 Å². The van der Waals surface area contributed by atoms with E-state index in [1.807, 2.05) is 0 Å². The first-order chi connectivity index (χ1) is 5.66. The summed E-state index contributed by atoms with van der Waals surface area (Å²) < 4.78 is 0. The third kappa shape index (κ3) is 1.53. The molecule has 0 atom stereocenters. The van der Waals surface area contributed by atoms with Crippen molar-refractivity contribution < 1.29 is 15.0 Å². The molecule has 0 bridgehead atoms. The van der Waals surface area contributed by atoms with Crippen LogP contribution in [0.15, 0.2) is 23.1 Å². The van der Waals surface area contributed by atoms with Gasteiger partial charge in [-0.05, 0) is 18.4 Å². The number of para-hydroxylation sites is 1. The van der Waals surface area contributed by atoms with Gasteiger partial charge in [0.05, 0.1) is 0 Å². The van der Waals surface area contributed by atoms with E-state index in [0.717, 1.165) is 0 Å². The van der Waals surface area contributed by atoms with E-state index in [-0.39, 0.29) is 11.3 Å². The van der Waals surface area contributed by atoms with Crippen LogP contribution >= 0.6 is 11.8 Å². The summed E-state index contributed by atoms with van der Waals surface area (Å²) in [6.07, 6.45) is 1.78. The minimum absolute atomic E-state index is 0.0538. The molecule has 0 radical (unpaired) electrons. The number of aromatic hydroxyl groups is 1. The lowest BCUT2D eigenvalue weighted by molar-refractivity contribution is 0.0693. The third-order valence-corrected chi connectivity index (χ3v) is 2.22. The highest BCUT2D eigenvalue weighted by Crippen LogP contribution is 2.29. The lowest BCUT2D eigenvalue weighted by atomic mass is 10.2. The maximum absolute atomic E-state index is 10.5. The van der Waals surface area contributed by atoms with Crippen LogP contribution in [0.5, 0.6) is 5.75 Å². The van der Waals surface area contributed by atoms with Gasteiger partial charge in [0.2, 0.25) is 0 Å². The molecule has 0 aliphatic heterocycles. The van der Waals surface area contributed by atoms with Crippen molar-refractivity contribution in [2.45, 2.75) is 4.90 Å². The van der Waals surface area contributed by atoms with Gasteiger partial charge >= 0.3 is 5.97 Å². The molecular formula is C8H8O3S. The highest BCUT2D eigenvalue weighted by Gasteiger charge is 2.11. The van der Waals surface area contributed by atoms with Crippen molar-refractivity contribution in [3.05, 3.63) is 23.8 Å². The van der Waals surface area contributed by atoms with Gasteiger partial charge in [0.25, 0.3) is 0 Å². The Bertz CT molecular complexity index is 309. The number of thioether (sulfide) groups is 1. The Morgan fingerprint density at radius 1 is 1.50 bits per heavy atom. The van der Waals surface area contributed by atoms with Crippen molar-refractivity contribution in [1.29, 1.82) is 0 Å². The number of hydrogen-bond donors (Lipinski definition) is 2. The first-order valence-corrected chi connectivity index (χ1v) is 4.48. The SMILES string of the molecule is CSc1cccc(C(=O)O)c1O. The largest absolute Gasteiger partial charge is 0.506 e. The molecule has 0 aliphatic rings. The quantitative estimate of drug-likeness (QED) is 0.688. The second-order valence-electron chi connectivity index (χ2n) is 2.16. The van der Waals surface area contributed by atoms with Gasteiger partial charge in [-0.2, -0.15) is 0 Å². The maximum atomic E-state index is 10.5. The van der Waals surface area contributed by atoms with Gasteiger partial charge in [0, 0.05) is 4.90 Å². The van der Waals surface area contributed by atoms with E-state index in [2.05, 4.69) is 0 Å². The average molecular weight is 184 g/mol. The van der Waals surface area contributed by atoms with Gasteiger partial charge in [0.15, 0.2) is 0 Å². The van der Waals surface area contributed by atoms with Crippen LogP contribution in [0.4, 0.5) is 0 Å². The summed E-state index contributed by atoms with van der Waals surface area (Å²) in [5.41, 5.74) is -0.0538. The first kappa shape index (κ1) is 8.93. The van der Waals surface area contributed by atoms with Gasteiger partial charge in [-0.3, -0.25) is 0 Å². The first-order valence-electron chi connectivity index (χ1n) is 3.26. The summed E-state index contributed by atoms with van der Waals surface area (Å²) >= 11 is 1.31. The molecule has 1 rings (SSSR count). The third-order valence-electron chi connectivity index (χ3n) is 1.45. The van der Waals surface area contributed by atoms with Crippen molar-refractivity contribution in [2.75, 3.05) is 6.26 Å². The van der Waals surface area contributed by atoms with Crippen LogP contribution < -0.4 is 0 Å². The lowest BCUT2D eigenvalue weighted by Crippen LogP contribution is -1.96. The van der Waals surface area contributed by atoms with Crippen molar-refractivity contribution >= 4 is 17.7 Å². The van der Waals surface area contributed by atoms with Gasteiger partial charge < -0.3 is 10.2 Å². The number of rotatable bonds is 2. The number of carboxylic acid groups (broad SMARTS) is 1. The highest BCUT2D eigenvalue weighted by atomic mass is 32.2. The zero-order valence-electron chi connectivity index (χ0n) is 6.44. The summed E-state index contributed by atoms with van der Waals surface area (Å²) in [6.45, 7) is 0. The molecule has 3 nitrogen and oxygen atoms in total. The summed E-state index contributed by atoms with van der Waals surface area (Å²) in [5, 5.41) is 18.0. The standard InChI is InChI=1S/C8H8O3S/c1-12-6-4-2-3-5(7(6)9)8(10)11/h2-4,9H,1H3,(H,10,11). The fraction of sp³-hybridized carbons (Fsp3) is 0.125. The minimum atomic E-state index is -1.11. The molecule has 4 heteroatoms. The minimum Gasteiger partial charge on any atom is -0.506 e. The Morgan fingerprint density at radius 2 is 2.17 bits per heavy atom. The number of aromatic carboxylic acids is 1. The number of phenols is 1. The molecule has 1 aromatic rings. The fourth-order valence-corrected chi connectivity index (χ4v) is 1.38. The molecule has 0 fully saturated rings. The predicted octanol–water partition coefficient (Wildman–Crippen LogP) is 1.81. The molecule has 0 heterocycles. The van der Waals surface area contributed by atoms with E-state index >= 15 is 0 Å². The maximum Gasteiger partial charge on any atom is 0.339 e. The zero-order valence-corrected chi connectivity index (χ0v) is 7.26. The average Bonchev–Trinajstić information content (AvgIpc) is 2.04. The molecule has 0 saturated heterocycles. The summed E-state index contributed by atoms with van der Waals surface area (Å²) in [6, 6.07) is 4.65. The van der Waals surface area contributed by atoms with Crippen molar-refractivity contribution in [2.24, 2.45) is 0 Å².